The number of hydrogen-bond acceptors (Lipinski definition) is 10. The maximum absolute atomic E-state index is 14.1. The molecule has 4 aromatic rings. The van der Waals surface area contributed by atoms with Crippen LogP contribution >= 0.6 is 34.4 Å². The second-order valence-corrected chi connectivity index (χ2v) is 16.3. The van der Waals surface area contributed by atoms with E-state index in [2.05, 4.69) is 39.8 Å². The lowest BCUT2D eigenvalue weighted by Crippen LogP contribution is -2.56. The highest BCUT2D eigenvalue weighted by Crippen LogP contribution is 2.21. The van der Waals surface area contributed by atoms with Gasteiger partial charge in [0.15, 0.2) is 0 Å². The molecule has 2 aromatic carbocycles. The van der Waals surface area contributed by atoms with E-state index in [9.17, 15) is 14.4 Å². The second kappa shape index (κ2) is 21.7. The standard InChI is InChI=1S/C39H52N6O5S3/c1-26(2)35(44-38(47)45(5)21-31-23-52-37(42-31)27(3)4)36(46)41-30(17-28-13-9-7-10-14-28)19-34(50-25-51-6)33(18-29-15-11-8-12-16-29)43-39(48)49-22-32-20-40-24-53-32/h7-16,20,23-24,26-27,30,33-35H,17-19,21-22,25H2,1-6H3,(H,41,46)(H,43,48)(H,44,47)/t30-,33-,34-,35-/m0/s1. The summed E-state index contributed by atoms with van der Waals surface area (Å²) in [7, 11) is 1.70. The van der Waals surface area contributed by atoms with E-state index in [-0.39, 0.29) is 24.5 Å². The third kappa shape index (κ3) is 14.1. The van der Waals surface area contributed by atoms with Crippen LogP contribution in [0.5, 0.6) is 0 Å². The molecule has 0 radical (unpaired) electrons. The van der Waals surface area contributed by atoms with Crippen molar-refractivity contribution in [3.8, 4) is 0 Å². The summed E-state index contributed by atoms with van der Waals surface area (Å²) in [5, 5.41) is 12.3. The predicted octanol–water partition coefficient (Wildman–Crippen LogP) is 7.25. The Kier molecular flexibility index (Phi) is 17.1. The number of nitrogens with one attached hydrogen (secondary N) is 3. The Balaban J connectivity index is 1.54. The van der Waals surface area contributed by atoms with Crippen LogP contribution in [-0.2, 0) is 40.3 Å². The van der Waals surface area contributed by atoms with Crippen molar-refractivity contribution < 1.29 is 23.9 Å². The lowest BCUT2D eigenvalue weighted by atomic mass is 9.93. The molecule has 0 saturated carbocycles. The third-order valence-electron chi connectivity index (χ3n) is 8.50. The first-order valence-corrected chi connectivity index (χ1v) is 20.9. The summed E-state index contributed by atoms with van der Waals surface area (Å²) in [4.78, 5) is 51.8. The number of nitrogens with zero attached hydrogens (tertiary/aromatic N) is 3. The molecule has 0 aliphatic carbocycles. The zero-order valence-electron chi connectivity index (χ0n) is 31.3. The monoisotopic (exact) mass is 780 g/mol. The Bertz CT molecular complexity index is 1670. The number of ether oxygens (including phenoxy) is 2. The molecule has 14 heteroatoms. The van der Waals surface area contributed by atoms with Crippen LogP contribution in [0.3, 0.4) is 0 Å². The van der Waals surface area contributed by atoms with Crippen molar-refractivity contribution >= 4 is 52.5 Å². The summed E-state index contributed by atoms with van der Waals surface area (Å²) < 4.78 is 12.0. The van der Waals surface area contributed by atoms with E-state index < -0.39 is 30.3 Å². The fourth-order valence-corrected chi connectivity index (χ4v) is 7.35. The van der Waals surface area contributed by atoms with Crippen LogP contribution in [0.15, 0.2) is 77.8 Å². The molecule has 0 aliphatic heterocycles. The highest BCUT2D eigenvalue weighted by molar-refractivity contribution is 7.98. The van der Waals surface area contributed by atoms with Gasteiger partial charge in [0.05, 0.1) is 45.7 Å². The van der Waals surface area contributed by atoms with Crippen molar-refractivity contribution in [2.45, 2.75) is 90.3 Å². The zero-order valence-corrected chi connectivity index (χ0v) is 33.8. The predicted molar refractivity (Wildman–Crippen MR) is 214 cm³/mol. The van der Waals surface area contributed by atoms with Crippen molar-refractivity contribution in [3.05, 3.63) is 104 Å². The first kappa shape index (κ1) is 41.8. The molecule has 4 amide bonds. The molecule has 0 fully saturated rings. The molecule has 53 heavy (non-hydrogen) atoms. The lowest BCUT2D eigenvalue weighted by molar-refractivity contribution is -0.125. The molecular formula is C39H52N6O5S3. The van der Waals surface area contributed by atoms with Crippen LogP contribution in [0.25, 0.3) is 0 Å². The Morgan fingerprint density at radius 1 is 0.906 bits per heavy atom. The molecular weight excluding hydrogens is 729 g/mol. The molecule has 11 nitrogen and oxygen atoms in total. The average molecular weight is 781 g/mol. The van der Waals surface area contributed by atoms with E-state index in [4.69, 9.17) is 9.47 Å². The zero-order chi connectivity index (χ0) is 38.2. The number of thioether (sulfide) groups is 1. The van der Waals surface area contributed by atoms with E-state index in [0.29, 0.717) is 37.7 Å². The van der Waals surface area contributed by atoms with Gasteiger partial charge in [-0.1, -0.05) is 88.4 Å². The Hall–Kier alpha value is -3.98. The summed E-state index contributed by atoms with van der Waals surface area (Å²) in [5.74, 6) is 0.206. The van der Waals surface area contributed by atoms with Gasteiger partial charge in [-0.15, -0.1) is 34.4 Å². The number of urea groups is 1. The molecule has 0 unspecified atom stereocenters. The minimum Gasteiger partial charge on any atom is -0.444 e. The molecule has 4 rings (SSSR count). The quantitative estimate of drug-likeness (QED) is 0.0799. The van der Waals surface area contributed by atoms with Crippen molar-refractivity contribution in [1.82, 2.24) is 30.8 Å². The molecule has 286 valence electrons. The van der Waals surface area contributed by atoms with Crippen LogP contribution in [0.4, 0.5) is 9.59 Å². The molecule has 0 bridgehead atoms. The average Bonchev–Trinajstić information content (AvgIpc) is 3.84. The first-order chi connectivity index (χ1) is 25.5. The van der Waals surface area contributed by atoms with E-state index in [1.165, 1.54) is 23.1 Å². The summed E-state index contributed by atoms with van der Waals surface area (Å²) in [5.41, 5.74) is 4.56. The maximum Gasteiger partial charge on any atom is 0.407 e. The Morgan fingerprint density at radius 3 is 2.17 bits per heavy atom. The van der Waals surface area contributed by atoms with E-state index >= 15 is 0 Å². The van der Waals surface area contributed by atoms with Gasteiger partial charge in [-0.2, -0.15) is 0 Å². The van der Waals surface area contributed by atoms with Crippen molar-refractivity contribution in [2.24, 2.45) is 5.92 Å². The number of hydrogen-bond donors (Lipinski definition) is 3. The fourth-order valence-electron chi connectivity index (χ4n) is 5.71. The molecule has 2 aromatic heterocycles. The van der Waals surface area contributed by atoms with Crippen LogP contribution in [0.1, 0.15) is 66.7 Å². The molecule has 0 aliphatic rings. The highest BCUT2D eigenvalue weighted by atomic mass is 32.2. The molecule has 2 heterocycles. The van der Waals surface area contributed by atoms with Gasteiger partial charge in [0.25, 0.3) is 0 Å². The van der Waals surface area contributed by atoms with E-state index in [1.807, 2.05) is 86.1 Å². The number of amides is 4. The number of benzene rings is 2. The van der Waals surface area contributed by atoms with E-state index in [0.717, 1.165) is 26.7 Å². The highest BCUT2D eigenvalue weighted by Gasteiger charge is 2.32. The summed E-state index contributed by atoms with van der Waals surface area (Å²) in [6.45, 7) is 8.44. The minimum atomic E-state index is -0.796. The molecule has 3 N–H and O–H groups in total. The summed E-state index contributed by atoms with van der Waals surface area (Å²) in [6, 6.07) is 17.8. The van der Waals surface area contributed by atoms with E-state index in [1.54, 1.807) is 35.0 Å². The van der Waals surface area contributed by atoms with Crippen LogP contribution in [0.2, 0.25) is 0 Å². The van der Waals surface area contributed by atoms with Crippen LogP contribution in [0, 0.1) is 5.92 Å². The summed E-state index contributed by atoms with van der Waals surface area (Å²) in [6.07, 6.45) is 3.94. The topological polar surface area (TPSA) is 135 Å². The van der Waals surface area contributed by atoms with Gasteiger partial charge in [0.1, 0.15) is 12.6 Å². The van der Waals surface area contributed by atoms with Crippen molar-refractivity contribution in [3.63, 3.8) is 0 Å². The normalized spacial score (nSPS) is 13.6. The number of thiazole rings is 2. The van der Waals surface area contributed by atoms with Crippen molar-refractivity contribution in [2.75, 3.05) is 19.2 Å². The van der Waals surface area contributed by atoms with Gasteiger partial charge in [-0.3, -0.25) is 9.78 Å². The van der Waals surface area contributed by atoms with Gasteiger partial charge in [0.2, 0.25) is 5.91 Å². The number of rotatable bonds is 20. The number of alkyl carbamates (subject to hydrolysis) is 1. The van der Waals surface area contributed by atoms with Crippen LogP contribution < -0.4 is 16.0 Å². The number of carbonyl (C=O) groups is 3. The number of aromatic nitrogens is 2. The smallest absolute Gasteiger partial charge is 0.407 e. The van der Waals surface area contributed by atoms with Gasteiger partial charge in [-0.05, 0) is 42.6 Å². The largest absolute Gasteiger partial charge is 0.444 e. The van der Waals surface area contributed by atoms with Gasteiger partial charge >= 0.3 is 12.1 Å². The molecule has 0 saturated heterocycles. The Morgan fingerprint density at radius 2 is 1.58 bits per heavy atom. The van der Waals surface area contributed by atoms with Gasteiger partial charge < -0.3 is 30.3 Å². The second-order valence-electron chi connectivity index (χ2n) is 13.6. The van der Waals surface area contributed by atoms with Crippen LogP contribution in [-0.4, -0.2) is 76.4 Å². The Labute approximate surface area is 325 Å². The van der Waals surface area contributed by atoms with Gasteiger partial charge in [-0.25, -0.2) is 14.6 Å². The molecule has 0 spiro atoms. The first-order valence-electron chi connectivity index (χ1n) is 17.8. The summed E-state index contributed by atoms with van der Waals surface area (Å²) >= 11 is 4.53. The third-order valence-corrected chi connectivity index (χ3v) is 10.8. The maximum atomic E-state index is 14.1. The van der Waals surface area contributed by atoms with Crippen molar-refractivity contribution in [1.29, 1.82) is 0 Å². The minimum absolute atomic E-state index is 0.109. The number of carbonyl (C=O) groups excluding carboxylic acids is 3. The SMILES string of the molecule is CSCO[C@@H](C[C@H](Cc1ccccc1)NC(=O)[C@@H](NC(=O)N(C)Cc1csc(C(C)C)n1)C(C)C)[C@H](Cc1ccccc1)NC(=O)OCc1cncs1. The molecule has 4 atom stereocenters. The fraction of sp³-hybridized carbons (Fsp3) is 0.462. The lowest BCUT2D eigenvalue weighted by Gasteiger charge is -2.33. The van der Waals surface area contributed by atoms with Gasteiger partial charge in [0, 0.05) is 30.6 Å².